The van der Waals surface area contributed by atoms with Gasteiger partial charge in [0.25, 0.3) is 5.91 Å². The van der Waals surface area contributed by atoms with Crippen molar-refractivity contribution in [3.8, 4) is 11.3 Å². The summed E-state index contributed by atoms with van der Waals surface area (Å²) in [5, 5.41) is 13.0. The standard InChI is InChI=1S/C21H19N5OS2/c1-14-7-9-15(10-8-14)11-22-19(27)20-26-25-18(29-20)13-28-21-23-12-17(24-21)16-5-3-2-4-6-16/h2-10,12H,11,13H2,1H3,(H,22,27)(H,23,24). The van der Waals surface area contributed by atoms with Crippen LogP contribution in [0, 0.1) is 6.92 Å². The summed E-state index contributed by atoms with van der Waals surface area (Å²) in [6.45, 7) is 2.51. The number of nitrogens with one attached hydrogen (secondary N) is 2. The molecule has 0 spiro atoms. The van der Waals surface area contributed by atoms with Gasteiger partial charge in [-0.25, -0.2) is 4.98 Å². The van der Waals surface area contributed by atoms with E-state index in [9.17, 15) is 4.79 Å². The van der Waals surface area contributed by atoms with Gasteiger partial charge >= 0.3 is 0 Å². The fourth-order valence-electron chi connectivity index (χ4n) is 2.64. The number of aromatic amines is 1. The van der Waals surface area contributed by atoms with E-state index in [-0.39, 0.29) is 5.91 Å². The van der Waals surface area contributed by atoms with E-state index >= 15 is 0 Å². The molecule has 0 aliphatic heterocycles. The first-order chi connectivity index (χ1) is 14.2. The minimum Gasteiger partial charge on any atom is -0.346 e. The topological polar surface area (TPSA) is 83.6 Å². The van der Waals surface area contributed by atoms with Crippen molar-refractivity contribution < 1.29 is 4.79 Å². The minimum absolute atomic E-state index is 0.205. The van der Waals surface area contributed by atoms with Crippen LogP contribution in [0.25, 0.3) is 11.3 Å². The normalized spacial score (nSPS) is 10.8. The molecule has 8 heteroatoms. The van der Waals surface area contributed by atoms with E-state index in [1.165, 1.54) is 28.7 Å². The van der Waals surface area contributed by atoms with Crippen LogP contribution in [-0.4, -0.2) is 26.1 Å². The van der Waals surface area contributed by atoms with E-state index in [1.807, 2.05) is 67.7 Å². The predicted molar refractivity (Wildman–Crippen MR) is 116 cm³/mol. The summed E-state index contributed by atoms with van der Waals surface area (Å²) in [4.78, 5) is 20.0. The third-order valence-electron chi connectivity index (χ3n) is 4.20. The summed E-state index contributed by atoms with van der Waals surface area (Å²) in [6, 6.07) is 18.1. The van der Waals surface area contributed by atoms with Crippen molar-refractivity contribution in [2.24, 2.45) is 0 Å². The number of rotatable bonds is 7. The second-order valence-electron chi connectivity index (χ2n) is 6.43. The monoisotopic (exact) mass is 421 g/mol. The van der Waals surface area contributed by atoms with Gasteiger partial charge < -0.3 is 10.3 Å². The summed E-state index contributed by atoms with van der Waals surface area (Å²) in [5.41, 5.74) is 4.31. The summed E-state index contributed by atoms with van der Waals surface area (Å²) in [6.07, 6.45) is 1.82. The third-order valence-corrected chi connectivity index (χ3v) is 6.21. The van der Waals surface area contributed by atoms with Crippen molar-refractivity contribution in [1.29, 1.82) is 0 Å². The number of carbonyl (C=O) groups excluding carboxylic acids is 1. The first-order valence-electron chi connectivity index (χ1n) is 9.07. The number of amides is 1. The number of imidazole rings is 1. The molecule has 4 rings (SSSR count). The number of hydrogen-bond donors (Lipinski definition) is 2. The van der Waals surface area contributed by atoms with Gasteiger partial charge in [0.05, 0.1) is 17.6 Å². The lowest BCUT2D eigenvalue weighted by Crippen LogP contribution is -2.22. The highest BCUT2D eigenvalue weighted by molar-refractivity contribution is 7.98. The van der Waals surface area contributed by atoms with E-state index in [1.54, 1.807) is 0 Å². The molecule has 0 aliphatic carbocycles. The Kier molecular flexibility index (Phi) is 6.02. The molecule has 0 saturated heterocycles. The molecule has 2 aromatic heterocycles. The second-order valence-corrected chi connectivity index (χ2v) is 8.45. The molecule has 2 heterocycles. The molecular formula is C21H19N5OS2. The van der Waals surface area contributed by atoms with E-state index in [4.69, 9.17) is 0 Å². The van der Waals surface area contributed by atoms with Gasteiger partial charge in [-0.05, 0) is 18.1 Å². The zero-order valence-electron chi connectivity index (χ0n) is 15.8. The Bertz CT molecular complexity index is 1090. The molecule has 2 N–H and O–H groups in total. The lowest BCUT2D eigenvalue weighted by Gasteiger charge is -2.03. The highest BCUT2D eigenvalue weighted by Crippen LogP contribution is 2.25. The van der Waals surface area contributed by atoms with Crippen LogP contribution in [-0.2, 0) is 12.3 Å². The Hall–Kier alpha value is -2.97. The highest BCUT2D eigenvalue weighted by Gasteiger charge is 2.13. The maximum absolute atomic E-state index is 12.3. The van der Waals surface area contributed by atoms with Crippen LogP contribution in [0.15, 0.2) is 66.0 Å². The Morgan fingerprint density at radius 1 is 1.10 bits per heavy atom. The quantitative estimate of drug-likeness (QED) is 0.431. The molecule has 6 nitrogen and oxygen atoms in total. The van der Waals surface area contributed by atoms with Crippen molar-refractivity contribution in [3.63, 3.8) is 0 Å². The van der Waals surface area contributed by atoms with Gasteiger partial charge in [0.1, 0.15) is 5.01 Å². The van der Waals surface area contributed by atoms with Gasteiger partial charge in [-0.1, -0.05) is 83.3 Å². The summed E-state index contributed by atoms with van der Waals surface area (Å²) < 4.78 is 0. The Morgan fingerprint density at radius 3 is 2.69 bits per heavy atom. The van der Waals surface area contributed by atoms with Crippen molar-refractivity contribution >= 4 is 29.0 Å². The van der Waals surface area contributed by atoms with Crippen molar-refractivity contribution in [1.82, 2.24) is 25.5 Å². The third kappa shape index (κ3) is 5.10. The maximum Gasteiger partial charge on any atom is 0.282 e. The molecular weight excluding hydrogens is 402 g/mol. The lowest BCUT2D eigenvalue weighted by molar-refractivity contribution is 0.0950. The zero-order chi connectivity index (χ0) is 20.1. The average molecular weight is 422 g/mol. The fourth-order valence-corrected chi connectivity index (χ4v) is 4.23. The molecule has 0 fully saturated rings. The van der Waals surface area contributed by atoms with E-state index < -0.39 is 0 Å². The number of H-pyrrole nitrogens is 1. The Labute approximate surface area is 176 Å². The van der Waals surface area contributed by atoms with E-state index in [2.05, 4.69) is 25.5 Å². The molecule has 1 amide bonds. The second kappa shape index (κ2) is 9.02. The molecule has 29 heavy (non-hydrogen) atoms. The van der Waals surface area contributed by atoms with Gasteiger partial charge in [0, 0.05) is 6.54 Å². The first kappa shape index (κ1) is 19.4. The SMILES string of the molecule is Cc1ccc(CNC(=O)c2nnc(CSc3ncc(-c4ccccc4)[nH]3)s2)cc1. The van der Waals surface area contributed by atoms with Crippen LogP contribution in [0.1, 0.15) is 25.9 Å². The van der Waals surface area contributed by atoms with Crippen LogP contribution in [0.3, 0.4) is 0 Å². The number of aryl methyl sites for hydroxylation is 1. The predicted octanol–water partition coefficient (Wildman–Crippen LogP) is 4.46. The fraction of sp³-hybridized carbons (Fsp3) is 0.143. The van der Waals surface area contributed by atoms with Crippen molar-refractivity contribution in [2.75, 3.05) is 0 Å². The van der Waals surface area contributed by atoms with Gasteiger partial charge in [-0.2, -0.15) is 0 Å². The Morgan fingerprint density at radius 2 is 1.90 bits per heavy atom. The molecule has 0 aliphatic rings. The molecule has 0 radical (unpaired) electrons. The molecule has 4 aromatic rings. The number of hydrogen-bond acceptors (Lipinski definition) is 6. The van der Waals surface area contributed by atoms with Gasteiger partial charge in [0.2, 0.25) is 5.01 Å². The molecule has 0 atom stereocenters. The highest BCUT2D eigenvalue weighted by atomic mass is 32.2. The molecule has 2 aromatic carbocycles. The number of thioether (sulfide) groups is 1. The van der Waals surface area contributed by atoms with Crippen LogP contribution in [0.4, 0.5) is 0 Å². The molecule has 0 unspecified atom stereocenters. The number of aromatic nitrogens is 4. The van der Waals surface area contributed by atoms with E-state index in [0.717, 1.165) is 27.0 Å². The number of carbonyl (C=O) groups is 1. The average Bonchev–Trinajstić information content (AvgIpc) is 3.42. The maximum atomic E-state index is 12.3. The smallest absolute Gasteiger partial charge is 0.282 e. The molecule has 146 valence electrons. The zero-order valence-corrected chi connectivity index (χ0v) is 17.4. The van der Waals surface area contributed by atoms with Crippen molar-refractivity contribution in [2.45, 2.75) is 24.4 Å². The largest absolute Gasteiger partial charge is 0.346 e. The Balaban J connectivity index is 1.30. The van der Waals surface area contributed by atoms with Crippen LogP contribution < -0.4 is 5.32 Å². The summed E-state index contributed by atoms with van der Waals surface area (Å²) in [5.74, 6) is 0.397. The minimum atomic E-state index is -0.205. The first-order valence-corrected chi connectivity index (χ1v) is 10.9. The van der Waals surface area contributed by atoms with Crippen LogP contribution in [0.2, 0.25) is 0 Å². The molecule has 0 bridgehead atoms. The van der Waals surface area contributed by atoms with E-state index in [0.29, 0.717) is 17.3 Å². The van der Waals surface area contributed by atoms with Gasteiger partial charge in [-0.3, -0.25) is 4.79 Å². The summed E-state index contributed by atoms with van der Waals surface area (Å²) >= 11 is 2.84. The number of nitrogens with zero attached hydrogens (tertiary/aromatic N) is 3. The van der Waals surface area contributed by atoms with Gasteiger partial charge in [-0.15, -0.1) is 10.2 Å². The van der Waals surface area contributed by atoms with Crippen LogP contribution in [0.5, 0.6) is 0 Å². The lowest BCUT2D eigenvalue weighted by atomic mass is 10.1. The number of benzene rings is 2. The van der Waals surface area contributed by atoms with Crippen molar-refractivity contribution in [3.05, 3.63) is 81.9 Å². The van der Waals surface area contributed by atoms with Gasteiger partial charge in [0.15, 0.2) is 5.16 Å². The molecule has 0 saturated carbocycles. The van der Waals surface area contributed by atoms with Crippen LogP contribution >= 0.6 is 23.1 Å². The summed E-state index contributed by atoms with van der Waals surface area (Å²) in [7, 11) is 0.